The van der Waals surface area contributed by atoms with Crippen LogP contribution in [0.5, 0.6) is 0 Å². The Bertz CT molecular complexity index is 337. The molecule has 1 aliphatic carbocycles. The second kappa shape index (κ2) is 9.57. The number of amides is 2. The van der Waals surface area contributed by atoms with Gasteiger partial charge in [0.05, 0.1) is 19.1 Å². The van der Waals surface area contributed by atoms with Gasteiger partial charge in [-0.1, -0.05) is 19.3 Å². The summed E-state index contributed by atoms with van der Waals surface area (Å²) in [5.41, 5.74) is 0. The number of hydrogen-bond donors (Lipinski definition) is 3. The van der Waals surface area contributed by atoms with Crippen LogP contribution in [0.2, 0.25) is 0 Å². The maximum Gasteiger partial charge on any atom is 0.317 e. The summed E-state index contributed by atoms with van der Waals surface area (Å²) in [5, 5.41) is 21.1. The fraction of sp³-hybridized carbons (Fsp3) is 0.857. The van der Waals surface area contributed by atoms with E-state index in [1.165, 1.54) is 4.90 Å². The number of carbonyl (C=O) groups is 2. The Labute approximate surface area is 125 Å². The number of nitrogens with one attached hydrogen (secondary N) is 1. The van der Waals surface area contributed by atoms with Gasteiger partial charge in [0, 0.05) is 26.2 Å². The standard InChI is InChI=1S/C14H26N2O5/c1-21-10-8-16(7-9-17)14(20)15-12-6-4-2-3-5-11(12)13(18)19/h11-12,17H,2-10H2,1H3,(H,15,20)(H,18,19). The highest BCUT2D eigenvalue weighted by molar-refractivity contribution is 5.77. The summed E-state index contributed by atoms with van der Waals surface area (Å²) in [6.45, 7) is 0.817. The molecule has 2 unspecified atom stereocenters. The molecule has 0 radical (unpaired) electrons. The predicted molar refractivity (Wildman–Crippen MR) is 77.1 cm³/mol. The molecule has 0 heterocycles. The molecule has 2 amide bonds. The van der Waals surface area contributed by atoms with Crippen molar-refractivity contribution in [3.8, 4) is 0 Å². The lowest BCUT2D eigenvalue weighted by Crippen LogP contribution is -2.50. The number of nitrogens with zero attached hydrogens (tertiary/aromatic N) is 1. The van der Waals surface area contributed by atoms with Crippen molar-refractivity contribution in [1.82, 2.24) is 10.2 Å². The highest BCUT2D eigenvalue weighted by Gasteiger charge is 2.31. The third kappa shape index (κ3) is 5.89. The largest absolute Gasteiger partial charge is 0.481 e. The van der Waals surface area contributed by atoms with Crippen LogP contribution >= 0.6 is 0 Å². The van der Waals surface area contributed by atoms with Gasteiger partial charge in [-0.2, -0.15) is 0 Å². The number of carboxylic acid groups (broad SMARTS) is 1. The number of ether oxygens (including phenoxy) is 1. The lowest BCUT2D eigenvalue weighted by Gasteiger charge is -2.28. The Hall–Kier alpha value is -1.34. The molecule has 21 heavy (non-hydrogen) atoms. The Morgan fingerprint density at radius 2 is 1.95 bits per heavy atom. The summed E-state index contributed by atoms with van der Waals surface area (Å²) in [5.74, 6) is -1.39. The van der Waals surface area contributed by atoms with E-state index in [0.717, 1.165) is 19.3 Å². The summed E-state index contributed by atoms with van der Waals surface area (Å²) in [7, 11) is 1.54. The monoisotopic (exact) mass is 302 g/mol. The molecule has 2 atom stereocenters. The lowest BCUT2D eigenvalue weighted by molar-refractivity contribution is -0.142. The summed E-state index contributed by atoms with van der Waals surface area (Å²) in [6.07, 6.45) is 4.08. The molecule has 1 aliphatic rings. The van der Waals surface area contributed by atoms with Crippen LogP contribution in [0.25, 0.3) is 0 Å². The third-order valence-corrected chi connectivity index (χ3v) is 3.86. The van der Waals surface area contributed by atoms with Crippen molar-refractivity contribution in [3.05, 3.63) is 0 Å². The van der Waals surface area contributed by atoms with Gasteiger partial charge in [-0.15, -0.1) is 0 Å². The average Bonchev–Trinajstić information content (AvgIpc) is 2.68. The molecular weight excluding hydrogens is 276 g/mol. The van der Waals surface area contributed by atoms with Gasteiger partial charge in [0.1, 0.15) is 0 Å². The zero-order chi connectivity index (χ0) is 15.7. The molecule has 1 rings (SSSR count). The van der Waals surface area contributed by atoms with Gasteiger partial charge in [0.15, 0.2) is 0 Å². The Morgan fingerprint density at radius 1 is 1.24 bits per heavy atom. The molecule has 0 aliphatic heterocycles. The Morgan fingerprint density at radius 3 is 2.57 bits per heavy atom. The van der Waals surface area contributed by atoms with Crippen molar-refractivity contribution in [3.63, 3.8) is 0 Å². The summed E-state index contributed by atoms with van der Waals surface area (Å²) in [4.78, 5) is 25.0. The molecule has 0 saturated heterocycles. The van der Waals surface area contributed by atoms with Crippen LogP contribution in [-0.2, 0) is 9.53 Å². The number of aliphatic carboxylic acids is 1. The zero-order valence-corrected chi connectivity index (χ0v) is 12.6. The van der Waals surface area contributed by atoms with E-state index in [2.05, 4.69) is 5.32 Å². The molecule has 0 aromatic rings. The van der Waals surface area contributed by atoms with Crippen LogP contribution < -0.4 is 5.32 Å². The highest BCUT2D eigenvalue weighted by Crippen LogP contribution is 2.24. The van der Waals surface area contributed by atoms with E-state index in [-0.39, 0.29) is 25.2 Å². The molecule has 1 fully saturated rings. The molecule has 0 spiro atoms. The quantitative estimate of drug-likeness (QED) is 0.600. The van der Waals surface area contributed by atoms with Gasteiger partial charge in [0.2, 0.25) is 0 Å². The van der Waals surface area contributed by atoms with Crippen molar-refractivity contribution in [2.75, 3.05) is 33.4 Å². The topological polar surface area (TPSA) is 99.1 Å². The van der Waals surface area contributed by atoms with Crippen molar-refractivity contribution < 1.29 is 24.5 Å². The molecule has 0 bridgehead atoms. The Balaban J connectivity index is 2.64. The van der Waals surface area contributed by atoms with Gasteiger partial charge in [-0.05, 0) is 12.8 Å². The molecule has 0 aromatic heterocycles. The Kier molecular flexibility index (Phi) is 8.07. The number of urea groups is 1. The third-order valence-electron chi connectivity index (χ3n) is 3.86. The van der Waals surface area contributed by atoms with Gasteiger partial charge >= 0.3 is 12.0 Å². The number of methoxy groups -OCH3 is 1. The second-order valence-electron chi connectivity index (χ2n) is 5.34. The van der Waals surface area contributed by atoms with Gasteiger partial charge in [-0.25, -0.2) is 4.79 Å². The zero-order valence-electron chi connectivity index (χ0n) is 12.6. The number of carbonyl (C=O) groups excluding carboxylic acids is 1. The van der Waals surface area contributed by atoms with E-state index in [1.54, 1.807) is 7.11 Å². The SMILES string of the molecule is COCCN(CCO)C(=O)NC1CCCCCC1C(=O)O. The van der Waals surface area contributed by atoms with Crippen LogP contribution in [0.15, 0.2) is 0 Å². The highest BCUT2D eigenvalue weighted by atomic mass is 16.5. The molecular formula is C14H26N2O5. The van der Waals surface area contributed by atoms with Crippen LogP contribution in [0.3, 0.4) is 0 Å². The van der Waals surface area contributed by atoms with E-state index in [1.807, 2.05) is 0 Å². The average molecular weight is 302 g/mol. The first kappa shape index (κ1) is 17.7. The maximum atomic E-state index is 12.2. The number of rotatable bonds is 7. The molecule has 3 N–H and O–H groups in total. The molecule has 122 valence electrons. The van der Waals surface area contributed by atoms with E-state index in [0.29, 0.717) is 26.0 Å². The van der Waals surface area contributed by atoms with E-state index < -0.39 is 11.9 Å². The molecule has 7 nitrogen and oxygen atoms in total. The number of carboxylic acids is 1. The van der Waals surface area contributed by atoms with E-state index in [9.17, 15) is 14.7 Å². The fourth-order valence-electron chi connectivity index (χ4n) is 2.66. The summed E-state index contributed by atoms with van der Waals surface area (Å²) in [6, 6.07) is -0.680. The van der Waals surface area contributed by atoms with Gasteiger partial charge < -0.3 is 25.2 Å². The second-order valence-corrected chi connectivity index (χ2v) is 5.34. The van der Waals surface area contributed by atoms with Crippen LogP contribution in [0.4, 0.5) is 4.79 Å². The predicted octanol–water partition coefficient (Wildman–Crippen LogP) is 0.670. The smallest absolute Gasteiger partial charge is 0.317 e. The normalized spacial score (nSPS) is 22.4. The van der Waals surface area contributed by atoms with Crippen LogP contribution in [-0.4, -0.2) is 66.6 Å². The van der Waals surface area contributed by atoms with Crippen LogP contribution in [0, 0.1) is 5.92 Å². The maximum absolute atomic E-state index is 12.2. The van der Waals surface area contributed by atoms with Crippen molar-refractivity contribution >= 4 is 12.0 Å². The van der Waals surface area contributed by atoms with Gasteiger partial charge in [-0.3, -0.25) is 4.79 Å². The first-order valence-electron chi connectivity index (χ1n) is 7.48. The van der Waals surface area contributed by atoms with E-state index in [4.69, 9.17) is 9.84 Å². The molecule has 0 aromatic carbocycles. The van der Waals surface area contributed by atoms with Gasteiger partial charge in [0.25, 0.3) is 0 Å². The van der Waals surface area contributed by atoms with Crippen molar-refractivity contribution in [2.24, 2.45) is 5.92 Å². The summed E-state index contributed by atoms with van der Waals surface area (Å²) < 4.78 is 4.94. The number of aliphatic hydroxyl groups excluding tert-OH is 1. The minimum absolute atomic E-state index is 0.135. The number of aliphatic hydroxyl groups is 1. The molecule has 7 heteroatoms. The van der Waals surface area contributed by atoms with Crippen molar-refractivity contribution in [1.29, 1.82) is 0 Å². The first-order valence-corrected chi connectivity index (χ1v) is 7.48. The fourth-order valence-corrected chi connectivity index (χ4v) is 2.66. The van der Waals surface area contributed by atoms with Crippen molar-refractivity contribution in [2.45, 2.75) is 38.1 Å². The lowest BCUT2D eigenvalue weighted by atomic mass is 9.95. The summed E-state index contributed by atoms with van der Waals surface area (Å²) >= 11 is 0. The van der Waals surface area contributed by atoms with E-state index >= 15 is 0 Å². The molecule has 1 saturated carbocycles. The first-order chi connectivity index (χ1) is 10.1. The minimum atomic E-state index is -0.854. The minimum Gasteiger partial charge on any atom is -0.481 e. The number of hydrogen-bond acceptors (Lipinski definition) is 4. The van der Waals surface area contributed by atoms with Crippen LogP contribution in [0.1, 0.15) is 32.1 Å².